The zero-order valence-corrected chi connectivity index (χ0v) is 11.3. The number of hydrogen-bond donors (Lipinski definition) is 1. The first-order valence-electron chi connectivity index (χ1n) is 6.30. The summed E-state index contributed by atoms with van der Waals surface area (Å²) in [6, 6.07) is 6.72. The fourth-order valence-electron chi connectivity index (χ4n) is 2.42. The molecule has 5 nitrogen and oxygen atoms in total. The van der Waals surface area contributed by atoms with Gasteiger partial charge in [0, 0.05) is 11.6 Å². The molecule has 3 aromatic rings. The van der Waals surface area contributed by atoms with Gasteiger partial charge in [-0.15, -0.1) is 10.2 Å². The zero-order valence-electron chi connectivity index (χ0n) is 10.5. The van der Waals surface area contributed by atoms with Crippen LogP contribution in [0.5, 0.6) is 0 Å². The fraction of sp³-hybridized carbons (Fsp3) is 0.308. The molecule has 0 amide bonds. The second kappa shape index (κ2) is 3.77. The van der Waals surface area contributed by atoms with E-state index in [0.29, 0.717) is 11.2 Å². The van der Waals surface area contributed by atoms with E-state index < -0.39 is 0 Å². The standard InChI is InChI=1S/C13H13N5S/c1-7-16-17-12(18(7)9-3-4-9)8-2-5-10-11(6-8)19-13(14)15-10/h2,5-6,9H,3-4H2,1H3,(H2,14,15). The molecule has 0 saturated heterocycles. The molecule has 0 unspecified atom stereocenters. The zero-order chi connectivity index (χ0) is 13.0. The Kier molecular flexibility index (Phi) is 2.17. The number of rotatable bonds is 2. The van der Waals surface area contributed by atoms with Crippen molar-refractivity contribution in [1.82, 2.24) is 19.7 Å². The number of nitrogens with two attached hydrogens (primary N) is 1. The van der Waals surface area contributed by atoms with Crippen LogP contribution >= 0.6 is 11.3 Å². The third-order valence-electron chi connectivity index (χ3n) is 3.44. The van der Waals surface area contributed by atoms with Gasteiger partial charge in [0.2, 0.25) is 0 Å². The van der Waals surface area contributed by atoms with E-state index in [1.165, 1.54) is 24.2 Å². The lowest BCUT2D eigenvalue weighted by Crippen LogP contribution is -1.99. The molecule has 1 saturated carbocycles. The first-order valence-corrected chi connectivity index (χ1v) is 7.12. The van der Waals surface area contributed by atoms with Gasteiger partial charge >= 0.3 is 0 Å². The van der Waals surface area contributed by atoms with Crippen molar-refractivity contribution in [2.45, 2.75) is 25.8 Å². The minimum absolute atomic E-state index is 0.576. The highest BCUT2D eigenvalue weighted by Crippen LogP contribution is 2.39. The van der Waals surface area contributed by atoms with Crippen molar-refractivity contribution in [2.24, 2.45) is 0 Å². The number of hydrogen-bond acceptors (Lipinski definition) is 5. The number of aromatic nitrogens is 4. The molecule has 2 heterocycles. The fourth-order valence-corrected chi connectivity index (χ4v) is 3.19. The maximum atomic E-state index is 5.75. The van der Waals surface area contributed by atoms with Crippen molar-refractivity contribution < 1.29 is 0 Å². The molecule has 2 aromatic heterocycles. The van der Waals surface area contributed by atoms with Gasteiger partial charge in [0.1, 0.15) is 5.82 Å². The first kappa shape index (κ1) is 10.9. The molecule has 1 aromatic carbocycles. The quantitative estimate of drug-likeness (QED) is 0.778. The van der Waals surface area contributed by atoms with Crippen LogP contribution in [0.2, 0.25) is 0 Å². The number of nitrogens with zero attached hydrogens (tertiary/aromatic N) is 4. The summed E-state index contributed by atoms with van der Waals surface area (Å²) >= 11 is 1.51. The van der Waals surface area contributed by atoms with Gasteiger partial charge in [0.15, 0.2) is 11.0 Å². The van der Waals surface area contributed by atoms with Crippen LogP contribution in [0, 0.1) is 6.92 Å². The van der Waals surface area contributed by atoms with Crippen LogP contribution in [0.1, 0.15) is 24.7 Å². The molecule has 4 rings (SSSR count). The van der Waals surface area contributed by atoms with Gasteiger partial charge < -0.3 is 10.3 Å². The van der Waals surface area contributed by atoms with Gasteiger partial charge in [-0.25, -0.2) is 4.98 Å². The molecule has 0 aliphatic heterocycles. The minimum atomic E-state index is 0.576. The largest absolute Gasteiger partial charge is 0.375 e. The SMILES string of the molecule is Cc1nnc(-c2ccc3nc(N)sc3c2)n1C1CC1. The lowest BCUT2D eigenvalue weighted by molar-refractivity contribution is 0.717. The smallest absolute Gasteiger partial charge is 0.181 e. The van der Waals surface area contributed by atoms with Crippen molar-refractivity contribution >= 4 is 26.7 Å². The molecule has 0 radical (unpaired) electrons. The maximum Gasteiger partial charge on any atom is 0.181 e. The Bertz CT molecular complexity index is 769. The van der Waals surface area contributed by atoms with Crippen molar-refractivity contribution in [1.29, 1.82) is 0 Å². The van der Waals surface area contributed by atoms with Crippen LogP contribution in [0.15, 0.2) is 18.2 Å². The second-order valence-corrected chi connectivity index (χ2v) is 5.97. The van der Waals surface area contributed by atoms with Crippen LogP contribution in [0.3, 0.4) is 0 Å². The summed E-state index contributed by atoms with van der Waals surface area (Å²) in [5.74, 6) is 1.94. The van der Waals surface area contributed by atoms with Gasteiger partial charge in [-0.05, 0) is 38.0 Å². The first-order chi connectivity index (χ1) is 9.22. The van der Waals surface area contributed by atoms with Crippen LogP contribution < -0.4 is 5.73 Å². The molecule has 0 spiro atoms. The summed E-state index contributed by atoms with van der Waals surface area (Å²) in [5, 5.41) is 9.15. The molecule has 0 bridgehead atoms. The third-order valence-corrected chi connectivity index (χ3v) is 4.29. The molecular formula is C13H13N5S. The molecule has 1 fully saturated rings. The number of benzene rings is 1. The summed E-state index contributed by atoms with van der Waals surface area (Å²) < 4.78 is 3.34. The summed E-state index contributed by atoms with van der Waals surface area (Å²) in [5.41, 5.74) is 7.78. The highest BCUT2D eigenvalue weighted by molar-refractivity contribution is 7.22. The minimum Gasteiger partial charge on any atom is -0.375 e. The van der Waals surface area contributed by atoms with Gasteiger partial charge in [-0.2, -0.15) is 0 Å². The third kappa shape index (κ3) is 1.71. The van der Waals surface area contributed by atoms with E-state index in [9.17, 15) is 0 Å². The van der Waals surface area contributed by atoms with Gasteiger partial charge in [0.05, 0.1) is 10.2 Å². The Morgan fingerprint density at radius 1 is 1.32 bits per heavy atom. The number of nitrogen functional groups attached to an aromatic ring is 1. The lowest BCUT2D eigenvalue weighted by atomic mass is 10.2. The number of aryl methyl sites for hydroxylation is 1. The maximum absolute atomic E-state index is 5.75. The average Bonchev–Trinajstić information content (AvgIpc) is 3.04. The second-order valence-electron chi connectivity index (χ2n) is 4.91. The van der Waals surface area contributed by atoms with E-state index >= 15 is 0 Å². The number of fused-ring (bicyclic) bond motifs is 1. The van der Waals surface area contributed by atoms with Crippen LogP contribution in [-0.4, -0.2) is 19.7 Å². The Hall–Kier alpha value is -1.95. The van der Waals surface area contributed by atoms with E-state index in [1.54, 1.807) is 0 Å². The highest BCUT2D eigenvalue weighted by Gasteiger charge is 2.28. The Labute approximate surface area is 114 Å². The van der Waals surface area contributed by atoms with Crippen LogP contribution in [-0.2, 0) is 0 Å². The normalized spacial score (nSPS) is 15.2. The van der Waals surface area contributed by atoms with E-state index in [2.05, 4.69) is 25.8 Å². The Morgan fingerprint density at radius 3 is 2.95 bits per heavy atom. The molecule has 0 atom stereocenters. The monoisotopic (exact) mass is 271 g/mol. The summed E-state index contributed by atoms with van der Waals surface area (Å²) in [6.07, 6.45) is 2.45. The highest BCUT2D eigenvalue weighted by atomic mass is 32.1. The van der Waals surface area contributed by atoms with Gasteiger partial charge in [-0.3, -0.25) is 0 Å². The van der Waals surface area contributed by atoms with E-state index in [0.717, 1.165) is 27.4 Å². The van der Waals surface area contributed by atoms with E-state index in [1.807, 2.05) is 19.1 Å². The summed E-state index contributed by atoms with van der Waals surface area (Å²) in [4.78, 5) is 4.28. The van der Waals surface area contributed by atoms with Crippen molar-refractivity contribution in [3.63, 3.8) is 0 Å². The topological polar surface area (TPSA) is 69.6 Å². The predicted molar refractivity (Wildman–Crippen MR) is 76.1 cm³/mol. The van der Waals surface area contributed by atoms with Crippen LogP contribution in [0.25, 0.3) is 21.6 Å². The predicted octanol–water partition coefficient (Wildman–Crippen LogP) is 2.78. The molecule has 1 aliphatic carbocycles. The summed E-state index contributed by atoms with van der Waals surface area (Å²) in [6.45, 7) is 2.01. The van der Waals surface area contributed by atoms with E-state index in [4.69, 9.17) is 5.73 Å². The number of anilines is 1. The Balaban J connectivity index is 1.89. The molecule has 19 heavy (non-hydrogen) atoms. The van der Waals surface area contributed by atoms with E-state index in [-0.39, 0.29) is 0 Å². The van der Waals surface area contributed by atoms with Crippen molar-refractivity contribution in [3.8, 4) is 11.4 Å². The molecule has 2 N–H and O–H groups in total. The van der Waals surface area contributed by atoms with Crippen molar-refractivity contribution in [3.05, 3.63) is 24.0 Å². The molecule has 1 aliphatic rings. The molecule has 96 valence electrons. The summed E-state index contributed by atoms with van der Waals surface area (Å²) in [7, 11) is 0. The lowest BCUT2D eigenvalue weighted by Gasteiger charge is -2.06. The Morgan fingerprint density at radius 2 is 2.16 bits per heavy atom. The van der Waals surface area contributed by atoms with Gasteiger partial charge in [-0.1, -0.05) is 11.3 Å². The van der Waals surface area contributed by atoms with Crippen LogP contribution in [0.4, 0.5) is 5.13 Å². The molecular weight excluding hydrogens is 258 g/mol. The molecule has 6 heteroatoms. The number of thiazole rings is 1. The van der Waals surface area contributed by atoms with Crippen molar-refractivity contribution in [2.75, 3.05) is 5.73 Å². The van der Waals surface area contributed by atoms with Gasteiger partial charge in [0.25, 0.3) is 0 Å². The average molecular weight is 271 g/mol.